The maximum atomic E-state index is 6.74. The van der Waals surface area contributed by atoms with Crippen LogP contribution in [-0.4, -0.2) is 6.04 Å². The largest absolute Gasteiger partial charge is 0.456 e. The molecule has 0 aromatic heterocycles. The number of benzene rings is 7. The summed E-state index contributed by atoms with van der Waals surface area (Å²) in [5, 5.41) is 5.00. The van der Waals surface area contributed by atoms with E-state index in [0.29, 0.717) is 0 Å². The van der Waals surface area contributed by atoms with Crippen molar-refractivity contribution in [1.29, 1.82) is 0 Å². The van der Waals surface area contributed by atoms with Crippen molar-refractivity contribution in [2.75, 3.05) is 4.90 Å². The Morgan fingerprint density at radius 3 is 2.27 bits per heavy atom. The van der Waals surface area contributed by atoms with Crippen LogP contribution >= 0.6 is 0 Å². The average Bonchev–Trinajstić information content (AvgIpc) is 3.09. The van der Waals surface area contributed by atoms with Gasteiger partial charge in [0.1, 0.15) is 11.5 Å². The van der Waals surface area contributed by atoms with Gasteiger partial charge in [-0.05, 0) is 93.2 Å². The molecular weight excluding hydrogens is 546 g/mol. The predicted octanol–water partition coefficient (Wildman–Crippen LogP) is 11.5. The van der Waals surface area contributed by atoms with Crippen LogP contribution in [0.3, 0.4) is 0 Å². The van der Waals surface area contributed by atoms with Crippen molar-refractivity contribution in [3.63, 3.8) is 0 Å². The third kappa shape index (κ3) is 4.17. The molecule has 0 bridgehead atoms. The van der Waals surface area contributed by atoms with Crippen molar-refractivity contribution >= 4 is 39.0 Å². The van der Waals surface area contributed by atoms with Gasteiger partial charge >= 0.3 is 0 Å². The summed E-state index contributed by atoms with van der Waals surface area (Å²) in [7, 11) is 0. The molecule has 0 amide bonds. The van der Waals surface area contributed by atoms with Gasteiger partial charge in [0.15, 0.2) is 0 Å². The number of rotatable bonds is 4. The van der Waals surface area contributed by atoms with E-state index in [2.05, 4.69) is 164 Å². The van der Waals surface area contributed by atoms with E-state index >= 15 is 0 Å². The van der Waals surface area contributed by atoms with E-state index in [0.717, 1.165) is 34.9 Å². The van der Waals surface area contributed by atoms with Crippen LogP contribution in [0, 0.1) is 6.92 Å². The Morgan fingerprint density at radius 1 is 0.578 bits per heavy atom. The van der Waals surface area contributed by atoms with Gasteiger partial charge < -0.3 is 9.64 Å². The van der Waals surface area contributed by atoms with Crippen LogP contribution < -0.4 is 9.64 Å². The van der Waals surface area contributed by atoms with E-state index in [1.165, 1.54) is 54.9 Å². The molecule has 0 saturated heterocycles. The molecule has 2 aliphatic rings. The summed E-state index contributed by atoms with van der Waals surface area (Å²) < 4.78 is 6.74. The molecular formula is C43H31NO. The predicted molar refractivity (Wildman–Crippen MR) is 189 cm³/mol. The first kappa shape index (κ1) is 25.9. The molecule has 1 heterocycles. The average molecular weight is 578 g/mol. The standard InChI is InChI=1S/C43H31NO/c1-28-10-5-7-14-34(28)37-24-25-41-43-39(37)16-9-17-40(43)38-23-21-33(27-42(38)45-41)44(31-12-3-2-4-13-31)32-20-22-36-30(26-32)19-18-29-11-6-8-15-35(29)36/h2-25,27,32H,26H2,1H3. The number of hydrogen-bond donors (Lipinski definition) is 0. The van der Waals surface area contributed by atoms with Crippen LogP contribution in [0.5, 0.6) is 11.5 Å². The summed E-state index contributed by atoms with van der Waals surface area (Å²) in [6.07, 6.45) is 5.61. The first-order valence-corrected chi connectivity index (χ1v) is 15.7. The van der Waals surface area contributed by atoms with Crippen molar-refractivity contribution in [3.05, 3.63) is 162 Å². The Morgan fingerprint density at radius 2 is 1.36 bits per heavy atom. The fourth-order valence-corrected chi connectivity index (χ4v) is 7.39. The molecule has 2 nitrogen and oxygen atoms in total. The normalized spacial score (nSPS) is 14.6. The van der Waals surface area contributed by atoms with Crippen molar-refractivity contribution in [2.24, 2.45) is 0 Å². The second-order valence-electron chi connectivity index (χ2n) is 12.1. The monoisotopic (exact) mass is 577 g/mol. The number of nitrogens with zero attached hydrogens (tertiary/aromatic N) is 1. The lowest BCUT2D eigenvalue weighted by Gasteiger charge is -2.35. The summed E-state index contributed by atoms with van der Waals surface area (Å²) >= 11 is 0. The Balaban J connectivity index is 1.15. The number of para-hydroxylation sites is 1. The molecule has 9 rings (SSSR count). The lowest BCUT2D eigenvalue weighted by molar-refractivity contribution is 0.487. The van der Waals surface area contributed by atoms with Crippen LogP contribution in [0.15, 0.2) is 146 Å². The molecule has 7 aromatic rings. The first-order chi connectivity index (χ1) is 22.2. The quantitative estimate of drug-likeness (QED) is 0.206. The fourth-order valence-electron chi connectivity index (χ4n) is 7.39. The van der Waals surface area contributed by atoms with Crippen LogP contribution in [0.2, 0.25) is 0 Å². The van der Waals surface area contributed by atoms with Gasteiger partial charge in [-0.2, -0.15) is 0 Å². The van der Waals surface area contributed by atoms with E-state index in [1.54, 1.807) is 0 Å². The minimum atomic E-state index is 0.162. The summed E-state index contributed by atoms with van der Waals surface area (Å²) in [4.78, 5) is 2.45. The van der Waals surface area contributed by atoms with E-state index in [-0.39, 0.29) is 6.04 Å². The van der Waals surface area contributed by atoms with Crippen LogP contribution in [0.4, 0.5) is 11.4 Å². The molecule has 0 saturated carbocycles. The van der Waals surface area contributed by atoms with Crippen molar-refractivity contribution in [2.45, 2.75) is 19.4 Å². The van der Waals surface area contributed by atoms with Gasteiger partial charge in [0.05, 0.1) is 6.04 Å². The maximum Gasteiger partial charge on any atom is 0.137 e. The van der Waals surface area contributed by atoms with Gasteiger partial charge in [-0.3, -0.25) is 0 Å². The summed E-state index contributed by atoms with van der Waals surface area (Å²) in [5.74, 6) is 1.80. The minimum absolute atomic E-state index is 0.162. The second kappa shape index (κ2) is 10.2. The molecule has 1 atom stereocenters. The lowest BCUT2D eigenvalue weighted by atomic mass is 9.88. The Bertz CT molecular complexity index is 2300. The number of aryl methyl sites for hydroxylation is 1. The van der Waals surface area contributed by atoms with Crippen LogP contribution in [0.25, 0.3) is 49.9 Å². The minimum Gasteiger partial charge on any atom is -0.456 e. The Kier molecular flexibility index (Phi) is 5.89. The molecule has 0 radical (unpaired) electrons. The molecule has 0 fully saturated rings. The van der Waals surface area contributed by atoms with E-state index in [4.69, 9.17) is 4.74 Å². The van der Waals surface area contributed by atoms with Crippen LogP contribution in [0.1, 0.15) is 16.7 Å². The molecule has 1 aliphatic carbocycles. The highest BCUT2D eigenvalue weighted by Gasteiger charge is 2.27. The van der Waals surface area contributed by atoms with E-state index in [1.807, 2.05) is 0 Å². The molecule has 0 spiro atoms. The number of fused-ring (bicyclic) bond motifs is 5. The topological polar surface area (TPSA) is 12.5 Å². The number of hydrogen-bond acceptors (Lipinski definition) is 2. The van der Waals surface area contributed by atoms with Gasteiger partial charge in [0.25, 0.3) is 0 Å². The Labute approximate surface area is 263 Å². The molecule has 214 valence electrons. The van der Waals surface area contributed by atoms with Gasteiger partial charge in [-0.25, -0.2) is 0 Å². The highest BCUT2D eigenvalue weighted by molar-refractivity contribution is 6.10. The molecule has 45 heavy (non-hydrogen) atoms. The lowest BCUT2D eigenvalue weighted by Crippen LogP contribution is -2.33. The van der Waals surface area contributed by atoms with Gasteiger partial charge in [-0.1, -0.05) is 115 Å². The second-order valence-corrected chi connectivity index (χ2v) is 12.1. The number of anilines is 2. The SMILES string of the molecule is Cc1ccccc1-c1ccc2c3c(cccc13)-c1ccc(N(c3ccccc3)C3C=Cc4c(ccc5ccccc45)C3)cc1O2. The van der Waals surface area contributed by atoms with Crippen molar-refractivity contribution in [1.82, 2.24) is 0 Å². The molecule has 0 N–H and O–H groups in total. The maximum absolute atomic E-state index is 6.74. The highest BCUT2D eigenvalue weighted by Crippen LogP contribution is 2.50. The van der Waals surface area contributed by atoms with Gasteiger partial charge in [0, 0.05) is 28.4 Å². The smallest absolute Gasteiger partial charge is 0.137 e. The third-order valence-corrected chi connectivity index (χ3v) is 9.53. The number of ether oxygens (including phenoxy) is 1. The summed E-state index contributed by atoms with van der Waals surface area (Å²) in [6.45, 7) is 2.18. The zero-order valence-electron chi connectivity index (χ0n) is 25.1. The summed E-state index contributed by atoms with van der Waals surface area (Å²) in [6, 6.07) is 50.4. The Hall–Kier alpha value is -5.60. The summed E-state index contributed by atoms with van der Waals surface area (Å²) in [5.41, 5.74) is 11.1. The third-order valence-electron chi connectivity index (χ3n) is 9.53. The van der Waals surface area contributed by atoms with E-state index < -0.39 is 0 Å². The molecule has 1 unspecified atom stereocenters. The molecule has 1 aliphatic heterocycles. The zero-order chi connectivity index (χ0) is 29.9. The molecule has 7 aromatic carbocycles. The highest BCUT2D eigenvalue weighted by atomic mass is 16.5. The van der Waals surface area contributed by atoms with Crippen molar-refractivity contribution in [3.8, 4) is 33.8 Å². The zero-order valence-corrected chi connectivity index (χ0v) is 25.1. The van der Waals surface area contributed by atoms with Crippen molar-refractivity contribution < 1.29 is 4.74 Å². The van der Waals surface area contributed by atoms with Crippen LogP contribution in [-0.2, 0) is 6.42 Å². The molecule has 2 heteroatoms. The van der Waals surface area contributed by atoms with E-state index in [9.17, 15) is 0 Å². The van der Waals surface area contributed by atoms with Gasteiger partial charge in [-0.15, -0.1) is 0 Å². The van der Waals surface area contributed by atoms with Gasteiger partial charge in [0.2, 0.25) is 0 Å². The first-order valence-electron chi connectivity index (χ1n) is 15.7. The fraction of sp³-hybridized carbons (Fsp3) is 0.0698.